The number of rotatable bonds is 5. The van der Waals surface area contributed by atoms with Crippen molar-refractivity contribution >= 4 is 17.3 Å². The van der Waals surface area contributed by atoms with E-state index in [1.54, 1.807) is 0 Å². The lowest BCUT2D eigenvalue weighted by molar-refractivity contribution is -0.134. The summed E-state index contributed by atoms with van der Waals surface area (Å²) in [5.74, 6) is 1.07. The topological polar surface area (TPSA) is 70.6 Å². The standard InChI is InChI=1S/C11H21NO.C10H19NO.C9H13N.C9H18O/c1-11(2,3)10(13)6-9-12-7-4-5-8-12;1-10(2,3)9(12)8-11-6-4-5-7-11;1-9(2,3)8-4-6-10-7-5-8;1-8(2,3)7(10)9(4,5)6/h4-9H2,1-3H3;4-8H2,1-3H3;4-7H,1-3H3;1-6H3. The van der Waals surface area contributed by atoms with E-state index in [-0.39, 0.29) is 27.1 Å². The van der Waals surface area contributed by atoms with Crippen molar-refractivity contribution in [2.75, 3.05) is 39.3 Å². The molecule has 1 aromatic heterocycles. The van der Waals surface area contributed by atoms with E-state index < -0.39 is 0 Å². The number of carbonyl (C=O) groups excluding carboxylic acids is 3. The minimum atomic E-state index is -0.196. The predicted octanol–water partition coefficient (Wildman–Crippen LogP) is 8.81. The Hall–Kier alpha value is -1.92. The summed E-state index contributed by atoms with van der Waals surface area (Å²) >= 11 is 0. The van der Waals surface area contributed by atoms with Gasteiger partial charge in [-0.3, -0.25) is 24.3 Å². The molecule has 0 amide bonds. The average molecular weight is 630 g/mol. The van der Waals surface area contributed by atoms with E-state index in [1.807, 2.05) is 95.5 Å². The predicted molar refractivity (Wildman–Crippen MR) is 192 cm³/mol. The average Bonchev–Trinajstić information content (AvgIpc) is 3.60. The van der Waals surface area contributed by atoms with Gasteiger partial charge in [-0.15, -0.1) is 0 Å². The molecule has 2 aliphatic heterocycles. The zero-order chi connectivity index (χ0) is 35.3. The van der Waals surface area contributed by atoms with E-state index in [4.69, 9.17) is 0 Å². The van der Waals surface area contributed by atoms with Crippen molar-refractivity contribution in [1.29, 1.82) is 0 Å². The van der Waals surface area contributed by atoms with Crippen LogP contribution in [0.2, 0.25) is 0 Å². The van der Waals surface area contributed by atoms with Crippen molar-refractivity contribution in [3.05, 3.63) is 30.1 Å². The van der Waals surface area contributed by atoms with Crippen LogP contribution in [0.4, 0.5) is 0 Å². The Bertz CT molecular complexity index is 985. The molecular weight excluding hydrogens is 558 g/mol. The molecule has 0 N–H and O–H groups in total. The maximum atomic E-state index is 11.6. The third-order valence-corrected chi connectivity index (χ3v) is 8.00. The number of pyridine rings is 1. The molecule has 45 heavy (non-hydrogen) atoms. The molecule has 0 atom stereocenters. The second-order valence-corrected chi connectivity index (χ2v) is 17.9. The first kappa shape index (κ1) is 43.1. The molecular formula is C39H71N3O3. The van der Waals surface area contributed by atoms with E-state index in [9.17, 15) is 14.4 Å². The van der Waals surface area contributed by atoms with Crippen LogP contribution >= 0.6 is 0 Å². The second kappa shape index (κ2) is 18.4. The Morgan fingerprint density at radius 3 is 1.24 bits per heavy atom. The minimum absolute atomic E-state index is 0.153. The van der Waals surface area contributed by atoms with Crippen molar-refractivity contribution in [3.8, 4) is 0 Å². The molecule has 0 unspecified atom stereocenters. The summed E-state index contributed by atoms with van der Waals surface area (Å²) < 4.78 is 0. The van der Waals surface area contributed by atoms with Crippen LogP contribution in [0.25, 0.3) is 0 Å². The quantitative estimate of drug-likeness (QED) is 0.324. The highest BCUT2D eigenvalue weighted by molar-refractivity contribution is 5.88. The maximum Gasteiger partial charge on any atom is 0.152 e. The maximum absolute atomic E-state index is 11.6. The van der Waals surface area contributed by atoms with Crippen LogP contribution in [0, 0.1) is 21.7 Å². The van der Waals surface area contributed by atoms with Crippen LogP contribution in [-0.4, -0.2) is 71.4 Å². The summed E-state index contributed by atoms with van der Waals surface area (Å²) in [6.45, 7) is 36.6. The van der Waals surface area contributed by atoms with Gasteiger partial charge >= 0.3 is 0 Å². The summed E-state index contributed by atoms with van der Waals surface area (Å²) in [5, 5.41) is 0. The van der Waals surface area contributed by atoms with E-state index in [0.29, 0.717) is 23.9 Å². The first-order chi connectivity index (χ1) is 20.3. The molecule has 3 rings (SSSR count). The number of hydrogen-bond acceptors (Lipinski definition) is 6. The van der Waals surface area contributed by atoms with Crippen molar-refractivity contribution in [1.82, 2.24) is 14.8 Å². The summed E-state index contributed by atoms with van der Waals surface area (Å²) in [6, 6.07) is 4.11. The van der Waals surface area contributed by atoms with Gasteiger partial charge in [0.25, 0.3) is 0 Å². The van der Waals surface area contributed by atoms with Crippen LogP contribution in [0.3, 0.4) is 0 Å². The van der Waals surface area contributed by atoms with Crippen LogP contribution < -0.4 is 0 Å². The largest absolute Gasteiger partial charge is 0.303 e. The van der Waals surface area contributed by atoms with Crippen molar-refractivity contribution < 1.29 is 14.4 Å². The molecule has 0 bridgehead atoms. The Labute approximate surface area is 278 Å². The molecule has 6 nitrogen and oxygen atoms in total. The molecule has 0 spiro atoms. The van der Waals surface area contributed by atoms with Crippen LogP contribution in [-0.2, 0) is 19.8 Å². The van der Waals surface area contributed by atoms with Gasteiger partial charge in [-0.1, -0.05) is 104 Å². The number of nitrogens with zero attached hydrogens (tertiary/aromatic N) is 3. The number of aromatic nitrogens is 1. The molecule has 2 saturated heterocycles. The number of likely N-dealkylation sites (tertiary alicyclic amines) is 2. The zero-order valence-corrected chi connectivity index (χ0v) is 32.2. The molecule has 6 heteroatoms. The number of Topliss-reactive ketones (excluding diaryl/α,β-unsaturated/α-hetero) is 3. The Kier molecular flexibility index (Phi) is 17.6. The fourth-order valence-corrected chi connectivity index (χ4v) is 5.00. The Balaban J connectivity index is 0.000000578. The highest BCUT2D eigenvalue weighted by Crippen LogP contribution is 2.28. The molecule has 3 heterocycles. The lowest BCUT2D eigenvalue weighted by Gasteiger charge is -2.26. The molecule has 0 radical (unpaired) electrons. The van der Waals surface area contributed by atoms with E-state index in [0.717, 1.165) is 26.1 Å². The minimum Gasteiger partial charge on any atom is -0.303 e. The summed E-state index contributed by atoms with van der Waals surface area (Å²) in [6.07, 6.45) is 9.53. The number of carbonyl (C=O) groups is 3. The third-order valence-electron chi connectivity index (χ3n) is 8.00. The fraction of sp³-hybridized carbons (Fsp3) is 0.795. The zero-order valence-electron chi connectivity index (χ0n) is 32.2. The van der Waals surface area contributed by atoms with Gasteiger partial charge in [-0.05, 0) is 75.0 Å². The first-order valence-electron chi connectivity index (χ1n) is 17.2. The lowest BCUT2D eigenvalue weighted by atomic mass is 9.76. The van der Waals surface area contributed by atoms with Crippen LogP contribution in [0.1, 0.15) is 142 Å². The van der Waals surface area contributed by atoms with E-state index >= 15 is 0 Å². The van der Waals surface area contributed by atoms with Crippen LogP contribution in [0.15, 0.2) is 24.5 Å². The number of hydrogen-bond donors (Lipinski definition) is 0. The monoisotopic (exact) mass is 630 g/mol. The van der Waals surface area contributed by atoms with Gasteiger partial charge in [0.15, 0.2) is 5.78 Å². The van der Waals surface area contributed by atoms with E-state index in [1.165, 1.54) is 44.3 Å². The van der Waals surface area contributed by atoms with E-state index in [2.05, 4.69) is 47.7 Å². The Morgan fingerprint density at radius 2 is 0.956 bits per heavy atom. The van der Waals surface area contributed by atoms with Crippen LogP contribution in [0.5, 0.6) is 0 Å². The summed E-state index contributed by atoms with van der Waals surface area (Å²) in [4.78, 5) is 43.3. The van der Waals surface area contributed by atoms with Gasteiger partial charge in [0.1, 0.15) is 11.6 Å². The van der Waals surface area contributed by atoms with Gasteiger partial charge in [0, 0.05) is 47.0 Å². The lowest BCUT2D eigenvalue weighted by Crippen LogP contribution is -2.34. The highest BCUT2D eigenvalue weighted by atomic mass is 16.1. The fourth-order valence-electron chi connectivity index (χ4n) is 5.00. The molecule has 2 fully saturated rings. The summed E-state index contributed by atoms with van der Waals surface area (Å²) in [5.41, 5.74) is 0.879. The molecule has 1 aromatic rings. The third kappa shape index (κ3) is 19.4. The highest BCUT2D eigenvalue weighted by Gasteiger charge is 2.31. The molecule has 0 aromatic carbocycles. The SMILES string of the molecule is CC(C)(C)C(=O)C(C)(C)C.CC(C)(C)C(=O)CCN1CCCC1.CC(C)(C)C(=O)CN1CCCC1.CC(C)(C)c1ccncc1. The van der Waals surface area contributed by atoms with Crippen molar-refractivity contribution in [2.45, 2.75) is 141 Å². The second-order valence-electron chi connectivity index (χ2n) is 17.9. The summed E-state index contributed by atoms with van der Waals surface area (Å²) in [7, 11) is 0. The van der Waals surface area contributed by atoms with Gasteiger partial charge in [0.05, 0.1) is 6.54 Å². The van der Waals surface area contributed by atoms with Crippen molar-refractivity contribution in [3.63, 3.8) is 0 Å². The molecule has 0 saturated carbocycles. The van der Waals surface area contributed by atoms with Gasteiger partial charge in [-0.25, -0.2) is 0 Å². The number of ketones is 3. The normalized spacial score (nSPS) is 16.4. The van der Waals surface area contributed by atoms with Gasteiger partial charge in [0.2, 0.25) is 0 Å². The Morgan fingerprint density at radius 1 is 0.578 bits per heavy atom. The molecule has 0 aliphatic carbocycles. The molecule has 260 valence electrons. The van der Waals surface area contributed by atoms with Gasteiger partial charge in [-0.2, -0.15) is 0 Å². The molecule has 2 aliphatic rings. The van der Waals surface area contributed by atoms with Gasteiger partial charge < -0.3 is 4.90 Å². The van der Waals surface area contributed by atoms with Crippen molar-refractivity contribution in [2.24, 2.45) is 21.7 Å². The smallest absolute Gasteiger partial charge is 0.152 e. The first-order valence-corrected chi connectivity index (χ1v) is 17.2.